The lowest BCUT2D eigenvalue weighted by Crippen LogP contribution is -2.11. The van der Waals surface area contributed by atoms with Crippen molar-refractivity contribution in [3.05, 3.63) is 46.0 Å². The summed E-state index contributed by atoms with van der Waals surface area (Å²) in [4.78, 5) is 17.9. The minimum Gasteiger partial charge on any atom is -0.431 e. The van der Waals surface area contributed by atoms with Gasteiger partial charge in [-0.15, -0.1) is 0 Å². The molecule has 1 aromatic carbocycles. The van der Waals surface area contributed by atoms with E-state index in [4.69, 9.17) is 10.6 Å². The van der Waals surface area contributed by atoms with Crippen LogP contribution in [-0.2, 0) is 0 Å². The van der Waals surface area contributed by atoms with Crippen LogP contribution in [0, 0.1) is 22.9 Å². The third-order valence-corrected chi connectivity index (χ3v) is 2.50. The molecule has 0 amide bonds. The maximum absolute atomic E-state index is 13.2. The monoisotopic (exact) mass is 279 g/mol. The Morgan fingerprint density at radius 1 is 1.45 bits per heavy atom. The third-order valence-electron chi connectivity index (χ3n) is 2.50. The van der Waals surface area contributed by atoms with Gasteiger partial charge in [0.1, 0.15) is 18.0 Å². The fraction of sp³-hybridized carbons (Fsp3) is 0.0909. The van der Waals surface area contributed by atoms with Crippen LogP contribution < -0.4 is 16.0 Å². The fourth-order valence-corrected chi connectivity index (χ4v) is 1.51. The molecule has 0 aliphatic rings. The average Bonchev–Trinajstić information content (AvgIpc) is 2.41. The SMILES string of the molecule is Cc1c(NN)ncnc1Oc1cc(F)ccc1[N+](=O)[O-]. The van der Waals surface area contributed by atoms with Gasteiger partial charge < -0.3 is 10.2 Å². The van der Waals surface area contributed by atoms with Crippen LogP contribution in [0.25, 0.3) is 0 Å². The number of nitrogens with zero attached hydrogens (tertiary/aromatic N) is 3. The van der Waals surface area contributed by atoms with E-state index < -0.39 is 10.7 Å². The van der Waals surface area contributed by atoms with Crippen LogP contribution >= 0.6 is 0 Å². The Morgan fingerprint density at radius 2 is 2.20 bits per heavy atom. The van der Waals surface area contributed by atoms with Crippen LogP contribution in [-0.4, -0.2) is 14.9 Å². The zero-order valence-corrected chi connectivity index (χ0v) is 10.3. The van der Waals surface area contributed by atoms with Gasteiger partial charge in [0.25, 0.3) is 0 Å². The van der Waals surface area contributed by atoms with Gasteiger partial charge in [0, 0.05) is 12.1 Å². The molecular weight excluding hydrogens is 269 g/mol. The molecule has 0 aliphatic heterocycles. The summed E-state index contributed by atoms with van der Waals surface area (Å²) < 4.78 is 18.5. The predicted molar refractivity (Wildman–Crippen MR) is 67.7 cm³/mol. The molecule has 0 spiro atoms. The minimum atomic E-state index is -0.673. The van der Waals surface area contributed by atoms with E-state index in [1.54, 1.807) is 6.92 Å². The molecule has 0 bridgehead atoms. The number of nitrogens with one attached hydrogen (secondary N) is 1. The van der Waals surface area contributed by atoms with Gasteiger partial charge in [-0.2, -0.15) is 0 Å². The first-order valence-corrected chi connectivity index (χ1v) is 5.43. The Bertz CT molecular complexity index is 665. The first-order chi connectivity index (χ1) is 9.52. The van der Waals surface area contributed by atoms with Crippen molar-refractivity contribution in [2.75, 3.05) is 5.43 Å². The summed E-state index contributed by atoms with van der Waals surface area (Å²) in [7, 11) is 0. The Labute approximate surface area is 112 Å². The predicted octanol–water partition coefficient (Wildman–Crippen LogP) is 1.91. The van der Waals surface area contributed by atoms with Crippen LogP contribution in [0.1, 0.15) is 5.56 Å². The molecule has 0 unspecified atom stereocenters. The number of nitrogen functional groups attached to an aromatic ring is 1. The maximum atomic E-state index is 13.2. The number of rotatable bonds is 4. The molecule has 3 N–H and O–H groups in total. The third kappa shape index (κ3) is 2.62. The number of hydrazine groups is 1. The molecule has 0 saturated carbocycles. The molecular formula is C11H10FN5O3. The van der Waals surface area contributed by atoms with Gasteiger partial charge in [-0.1, -0.05) is 0 Å². The highest BCUT2D eigenvalue weighted by atomic mass is 19.1. The Balaban J connectivity index is 2.44. The van der Waals surface area contributed by atoms with E-state index in [0.29, 0.717) is 11.4 Å². The molecule has 0 aliphatic carbocycles. The molecule has 0 radical (unpaired) electrons. The molecule has 0 atom stereocenters. The molecule has 9 heteroatoms. The maximum Gasteiger partial charge on any atom is 0.311 e. The quantitative estimate of drug-likeness (QED) is 0.498. The minimum absolute atomic E-state index is 0.0432. The van der Waals surface area contributed by atoms with Gasteiger partial charge in [-0.05, 0) is 13.0 Å². The molecule has 2 rings (SSSR count). The van der Waals surface area contributed by atoms with Gasteiger partial charge >= 0.3 is 5.69 Å². The summed E-state index contributed by atoms with van der Waals surface area (Å²) >= 11 is 0. The standard InChI is InChI=1S/C11H10FN5O3/c1-6-10(16-13)14-5-15-11(6)20-9-4-7(12)2-3-8(9)17(18)19/h2-5H,13H2,1H3,(H,14,15,16). The Hall–Kier alpha value is -2.81. The number of hydrogen-bond donors (Lipinski definition) is 2. The Kier molecular flexibility index (Phi) is 3.71. The number of anilines is 1. The topological polar surface area (TPSA) is 116 Å². The van der Waals surface area contributed by atoms with Crippen molar-refractivity contribution >= 4 is 11.5 Å². The van der Waals surface area contributed by atoms with Crippen molar-refractivity contribution in [2.24, 2.45) is 5.84 Å². The van der Waals surface area contributed by atoms with E-state index in [-0.39, 0.29) is 17.3 Å². The first-order valence-electron chi connectivity index (χ1n) is 5.43. The van der Waals surface area contributed by atoms with Crippen LogP contribution in [0.3, 0.4) is 0 Å². The van der Waals surface area contributed by atoms with Crippen LogP contribution in [0.5, 0.6) is 11.6 Å². The van der Waals surface area contributed by atoms with Crippen molar-refractivity contribution in [1.82, 2.24) is 9.97 Å². The summed E-state index contributed by atoms with van der Waals surface area (Å²) in [5.41, 5.74) is 2.40. The summed E-state index contributed by atoms with van der Waals surface area (Å²) in [6.07, 6.45) is 1.17. The molecule has 20 heavy (non-hydrogen) atoms. The van der Waals surface area contributed by atoms with Crippen LogP contribution in [0.15, 0.2) is 24.5 Å². The second kappa shape index (κ2) is 5.45. The number of nitro benzene ring substituents is 1. The summed E-state index contributed by atoms with van der Waals surface area (Å²) in [5.74, 6) is 4.69. The van der Waals surface area contributed by atoms with E-state index >= 15 is 0 Å². The lowest BCUT2D eigenvalue weighted by molar-refractivity contribution is -0.385. The van der Waals surface area contributed by atoms with Gasteiger partial charge in [-0.25, -0.2) is 20.2 Å². The summed E-state index contributed by atoms with van der Waals surface area (Å²) in [5, 5.41) is 10.9. The van der Waals surface area contributed by atoms with Gasteiger partial charge in [0.2, 0.25) is 11.6 Å². The molecule has 104 valence electrons. The van der Waals surface area contributed by atoms with Crippen LogP contribution in [0.4, 0.5) is 15.9 Å². The number of benzene rings is 1. The summed E-state index contributed by atoms with van der Waals surface area (Å²) in [6, 6.07) is 2.91. The molecule has 2 aromatic rings. The zero-order valence-electron chi connectivity index (χ0n) is 10.3. The van der Waals surface area contributed by atoms with Gasteiger partial charge in [0.05, 0.1) is 10.5 Å². The second-order valence-electron chi connectivity index (χ2n) is 3.77. The van der Waals surface area contributed by atoms with E-state index in [1.807, 2.05) is 0 Å². The first kappa shape index (κ1) is 13.6. The smallest absolute Gasteiger partial charge is 0.311 e. The molecule has 1 heterocycles. The number of nitro groups is 1. The van der Waals surface area contributed by atoms with Crippen molar-refractivity contribution in [1.29, 1.82) is 0 Å². The van der Waals surface area contributed by atoms with Crippen LogP contribution in [0.2, 0.25) is 0 Å². The van der Waals surface area contributed by atoms with Gasteiger partial charge in [0.15, 0.2) is 0 Å². The van der Waals surface area contributed by atoms with Crippen molar-refractivity contribution < 1.29 is 14.1 Å². The van der Waals surface area contributed by atoms with E-state index in [9.17, 15) is 14.5 Å². The number of aromatic nitrogens is 2. The number of hydrogen-bond acceptors (Lipinski definition) is 7. The van der Waals surface area contributed by atoms with Crippen molar-refractivity contribution in [3.8, 4) is 11.6 Å². The largest absolute Gasteiger partial charge is 0.431 e. The highest BCUT2D eigenvalue weighted by Crippen LogP contribution is 2.33. The second-order valence-corrected chi connectivity index (χ2v) is 3.77. The van der Waals surface area contributed by atoms with Gasteiger partial charge in [-0.3, -0.25) is 10.1 Å². The van der Waals surface area contributed by atoms with E-state index in [2.05, 4.69) is 15.4 Å². The lowest BCUT2D eigenvalue weighted by Gasteiger charge is -2.10. The Morgan fingerprint density at radius 3 is 2.85 bits per heavy atom. The number of halogens is 1. The zero-order chi connectivity index (χ0) is 14.7. The highest BCUT2D eigenvalue weighted by molar-refractivity contribution is 5.51. The number of ether oxygens (including phenoxy) is 1. The summed E-state index contributed by atoms with van der Waals surface area (Å²) in [6.45, 7) is 1.61. The molecule has 8 nitrogen and oxygen atoms in total. The average molecular weight is 279 g/mol. The highest BCUT2D eigenvalue weighted by Gasteiger charge is 2.18. The molecule has 1 aromatic heterocycles. The van der Waals surface area contributed by atoms with E-state index in [1.165, 1.54) is 6.33 Å². The van der Waals surface area contributed by atoms with Crippen molar-refractivity contribution in [2.45, 2.75) is 6.92 Å². The molecule has 0 saturated heterocycles. The van der Waals surface area contributed by atoms with Crippen molar-refractivity contribution in [3.63, 3.8) is 0 Å². The normalized spacial score (nSPS) is 10.2. The van der Waals surface area contributed by atoms with E-state index in [0.717, 1.165) is 18.2 Å². The molecule has 0 fully saturated rings. The lowest BCUT2D eigenvalue weighted by atomic mass is 10.3. The number of nitrogens with two attached hydrogens (primary N) is 1. The fourth-order valence-electron chi connectivity index (χ4n) is 1.51.